The van der Waals surface area contributed by atoms with Crippen molar-refractivity contribution < 1.29 is 20.1 Å². The molecule has 0 fully saturated rings. The molecule has 0 aromatic rings. The Balaban J connectivity index is 3.54. The molecule has 46 heavy (non-hydrogen) atoms. The zero-order chi connectivity index (χ0) is 33.8. The van der Waals surface area contributed by atoms with E-state index in [0.29, 0.717) is 12.8 Å². The Morgan fingerprint density at radius 3 is 1.04 bits per heavy atom. The Kier molecular flexibility index (Phi) is 36.6. The van der Waals surface area contributed by atoms with Gasteiger partial charge in [-0.2, -0.15) is 0 Å². The number of rotatable bonds is 38. The van der Waals surface area contributed by atoms with Crippen LogP contribution < -0.4 is 5.32 Å². The lowest BCUT2D eigenvalue weighted by Crippen LogP contribution is -2.50. The summed E-state index contributed by atoms with van der Waals surface area (Å²) in [6.07, 6.45) is 40.7. The van der Waals surface area contributed by atoms with Gasteiger partial charge >= 0.3 is 0 Å². The number of aliphatic hydroxyl groups excluding tert-OH is 3. The first-order valence-electron chi connectivity index (χ1n) is 20.8. The number of amides is 1. The van der Waals surface area contributed by atoms with Crippen molar-refractivity contribution >= 4 is 5.91 Å². The van der Waals surface area contributed by atoms with Crippen LogP contribution in [-0.2, 0) is 4.79 Å². The SMILES string of the molecule is CCCCCCCCCCCCCCCCCCCCCCCCC(=O)N[C@@H](CO)[C@H](O)[C@H](O)CCCCCCCCCCCC. The quantitative estimate of drug-likeness (QED) is 0.0499. The van der Waals surface area contributed by atoms with E-state index in [1.165, 1.54) is 167 Å². The number of nitrogens with one attached hydrogen (secondary N) is 1. The van der Waals surface area contributed by atoms with Crippen LogP contribution in [-0.4, -0.2) is 46.1 Å². The second-order valence-corrected chi connectivity index (χ2v) is 14.6. The maximum Gasteiger partial charge on any atom is 0.220 e. The number of unbranched alkanes of at least 4 members (excludes halogenated alkanes) is 30. The molecular weight excluding hydrogens is 570 g/mol. The first-order chi connectivity index (χ1) is 22.6. The topological polar surface area (TPSA) is 89.8 Å². The molecule has 0 aromatic carbocycles. The Morgan fingerprint density at radius 2 is 0.739 bits per heavy atom. The van der Waals surface area contributed by atoms with Crippen LogP contribution in [0.3, 0.4) is 0 Å². The van der Waals surface area contributed by atoms with Gasteiger partial charge in [-0.15, -0.1) is 0 Å². The minimum absolute atomic E-state index is 0.141. The van der Waals surface area contributed by atoms with Crippen LogP contribution in [0.2, 0.25) is 0 Å². The van der Waals surface area contributed by atoms with Gasteiger partial charge in [0.05, 0.1) is 18.8 Å². The normalized spacial score (nSPS) is 13.6. The van der Waals surface area contributed by atoms with Gasteiger partial charge in [0.1, 0.15) is 6.10 Å². The van der Waals surface area contributed by atoms with E-state index in [4.69, 9.17) is 0 Å². The first kappa shape index (κ1) is 45.3. The van der Waals surface area contributed by atoms with Crippen LogP contribution in [0, 0.1) is 0 Å². The van der Waals surface area contributed by atoms with Gasteiger partial charge in [0.15, 0.2) is 0 Å². The van der Waals surface area contributed by atoms with E-state index in [9.17, 15) is 20.1 Å². The molecule has 0 saturated heterocycles. The molecule has 0 saturated carbocycles. The smallest absolute Gasteiger partial charge is 0.220 e. The van der Waals surface area contributed by atoms with Crippen LogP contribution in [0.25, 0.3) is 0 Å². The molecule has 276 valence electrons. The van der Waals surface area contributed by atoms with Gasteiger partial charge in [-0.3, -0.25) is 4.79 Å². The standard InChI is InChI=1S/C41H83NO4/c1-3-5-7-9-11-13-15-16-17-18-19-20-21-22-23-24-25-26-28-30-32-34-36-40(45)42-38(37-43)41(46)39(44)35-33-31-29-27-14-12-10-8-6-4-2/h38-39,41,43-44,46H,3-37H2,1-2H3,(H,42,45)/t38-,39+,41-/m0/s1. The molecule has 0 bridgehead atoms. The van der Waals surface area contributed by atoms with E-state index < -0.39 is 18.2 Å². The molecule has 0 aromatic heterocycles. The molecular formula is C41H83NO4. The van der Waals surface area contributed by atoms with Gasteiger partial charge in [-0.1, -0.05) is 213 Å². The van der Waals surface area contributed by atoms with Gasteiger partial charge in [-0.05, 0) is 12.8 Å². The maximum absolute atomic E-state index is 12.4. The van der Waals surface area contributed by atoms with E-state index in [-0.39, 0.29) is 12.5 Å². The second kappa shape index (κ2) is 37.2. The molecule has 5 heteroatoms. The molecule has 0 aliphatic heterocycles. The van der Waals surface area contributed by atoms with E-state index in [1.54, 1.807) is 0 Å². The molecule has 1 amide bonds. The highest BCUT2D eigenvalue weighted by atomic mass is 16.3. The predicted molar refractivity (Wildman–Crippen MR) is 199 cm³/mol. The van der Waals surface area contributed by atoms with Crippen LogP contribution in [0.15, 0.2) is 0 Å². The van der Waals surface area contributed by atoms with Crippen molar-refractivity contribution in [2.24, 2.45) is 0 Å². The number of hydrogen-bond acceptors (Lipinski definition) is 4. The number of aliphatic hydroxyl groups is 3. The van der Waals surface area contributed by atoms with Crippen molar-refractivity contribution in [3.63, 3.8) is 0 Å². The fourth-order valence-corrected chi connectivity index (χ4v) is 6.69. The highest BCUT2D eigenvalue weighted by Crippen LogP contribution is 2.17. The highest BCUT2D eigenvalue weighted by molar-refractivity contribution is 5.76. The summed E-state index contributed by atoms with van der Waals surface area (Å²) >= 11 is 0. The van der Waals surface area contributed by atoms with E-state index in [2.05, 4.69) is 19.2 Å². The van der Waals surface area contributed by atoms with Gasteiger partial charge in [0.2, 0.25) is 5.91 Å². The summed E-state index contributed by atoms with van der Waals surface area (Å²) in [5.41, 5.74) is 0. The zero-order valence-corrected chi connectivity index (χ0v) is 31.2. The molecule has 0 aliphatic rings. The number of hydrogen-bond donors (Lipinski definition) is 4. The average molecular weight is 654 g/mol. The predicted octanol–water partition coefficient (Wildman–Crippen LogP) is 11.5. The summed E-state index contributed by atoms with van der Waals surface area (Å²) < 4.78 is 0. The lowest BCUT2D eigenvalue weighted by atomic mass is 9.99. The summed E-state index contributed by atoms with van der Waals surface area (Å²) in [5, 5.41) is 33.4. The van der Waals surface area contributed by atoms with Gasteiger partial charge in [0, 0.05) is 6.42 Å². The lowest BCUT2D eigenvalue weighted by molar-refractivity contribution is -0.124. The molecule has 4 N–H and O–H groups in total. The zero-order valence-electron chi connectivity index (χ0n) is 31.2. The van der Waals surface area contributed by atoms with Crippen LogP contribution >= 0.6 is 0 Å². The fraction of sp³-hybridized carbons (Fsp3) is 0.976. The Morgan fingerprint density at radius 1 is 0.457 bits per heavy atom. The van der Waals surface area contributed by atoms with Crippen molar-refractivity contribution in [1.82, 2.24) is 5.32 Å². The molecule has 0 heterocycles. The summed E-state index contributed by atoms with van der Waals surface area (Å²) in [5.74, 6) is -0.141. The Hall–Kier alpha value is -0.650. The largest absolute Gasteiger partial charge is 0.394 e. The van der Waals surface area contributed by atoms with Crippen molar-refractivity contribution in [1.29, 1.82) is 0 Å². The lowest BCUT2D eigenvalue weighted by Gasteiger charge is -2.26. The Bertz CT molecular complexity index is 601. The van der Waals surface area contributed by atoms with E-state index in [1.807, 2.05) is 0 Å². The summed E-state index contributed by atoms with van der Waals surface area (Å²) in [6, 6.07) is -0.801. The maximum atomic E-state index is 12.4. The van der Waals surface area contributed by atoms with Crippen LogP contribution in [0.5, 0.6) is 0 Å². The average Bonchev–Trinajstić information content (AvgIpc) is 3.06. The van der Waals surface area contributed by atoms with Crippen molar-refractivity contribution in [2.75, 3.05) is 6.61 Å². The first-order valence-corrected chi connectivity index (χ1v) is 20.8. The van der Waals surface area contributed by atoms with Gasteiger partial charge in [-0.25, -0.2) is 0 Å². The molecule has 0 radical (unpaired) electrons. The summed E-state index contributed by atoms with van der Waals surface area (Å²) in [7, 11) is 0. The van der Waals surface area contributed by atoms with E-state index >= 15 is 0 Å². The minimum Gasteiger partial charge on any atom is -0.394 e. The third-order valence-electron chi connectivity index (χ3n) is 9.96. The molecule has 0 unspecified atom stereocenters. The van der Waals surface area contributed by atoms with Crippen LogP contribution in [0.1, 0.15) is 232 Å². The van der Waals surface area contributed by atoms with E-state index in [0.717, 1.165) is 38.5 Å². The number of carbonyl (C=O) groups is 1. The molecule has 0 aliphatic carbocycles. The third-order valence-corrected chi connectivity index (χ3v) is 9.96. The fourth-order valence-electron chi connectivity index (χ4n) is 6.69. The van der Waals surface area contributed by atoms with Gasteiger partial charge in [0.25, 0.3) is 0 Å². The molecule has 5 nitrogen and oxygen atoms in total. The minimum atomic E-state index is -1.13. The molecule has 0 rings (SSSR count). The van der Waals surface area contributed by atoms with Crippen LogP contribution in [0.4, 0.5) is 0 Å². The van der Waals surface area contributed by atoms with Crippen molar-refractivity contribution in [2.45, 2.75) is 250 Å². The monoisotopic (exact) mass is 654 g/mol. The summed E-state index contributed by atoms with van der Waals surface area (Å²) in [4.78, 5) is 12.4. The second-order valence-electron chi connectivity index (χ2n) is 14.6. The summed E-state index contributed by atoms with van der Waals surface area (Å²) in [6.45, 7) is 4.17. The van der Waals surface area contributed by atoms with Gasteiger partial charge < -0.3 is 20.6 Å². The molecule has 3 atom stereocenters. The molecule has 0 spiro atoms. The highest BCUT2D eigenvalue weighted by Gasteiger charge is 2.26. The Labute approximate surface area is 287 Å². The third kappa shape index (κ3) is 31.9. The number of carbonyl (C=O) groups excluding carboxylic acids is 1. The van der Waals surface area contributed by atoms with Crippen molar-refractivity contribution in [3.8, 4) is 0 Å². The van der Waals surface area contributed by atoms with Crippen molar-refractivity contribution in [3.05, 3.63) is 0 Å².